The Morgan fingerprint density at radius 2 is 1.90 bits per heavy atom. The lowest BCUT2D eigenvalue weighted by molar-refractivity contribution is -0.170. The summed E-state index contributed by atoms with van der Waals surface area (Å²) in [4.78, 5) is 33.7. The minimum Gasteiger partial charge on any atom is -0.394 e. The molecule has 10 heteroatoms. The lowest BCUT2D eigenvalue weighted by Gasteiger charge is -2.45. The van der Waals surface area contributed by atoms with Gasteiger partial charge in [-0.2, -0.15) is 13.2 Å². The predicted molar refractivity (Wildman–Crippen MR) is 108 cm³/mol. The largest absolute Gasteiger partial charge is 0.408 e. The average molecular weight is 463 g/mol. The Morgan fingerprint density at radius 1 is 1.26 bits per heavy atom. The maximum atomic E-state index is 13.5. The van der Waals surface area contributed by atoms with E-state index in [1.165, 1.54) is 0 Å². The third-order valence-corrected chi connectivity index (χ3v) is 6.09. The third-order valence-electron chi connectivity index (χ3n) is 5.85. The second-order valence-electron chi connectivity index (χ2n) is 7.77. The van der Waals surface area contributed by atoms with Gasteiger partial charge >= 0.3 is 12.2 Å². The van der Waals surface area contributed by atoms with Gasteiger partial charge in [0.25, 0.3) is 0 Å². The van der Waals surface area contributed by atoms with Gasteiger partial charge in [-0.25, -0.2) is 4.79 Å². The fraction of sp³-hybridized carbons (Fsp3) is 0.571. The zero-order valence-electron chi connectivity index (χ0n) is 16.9. The number of halogens is 4. The minimum absolute atomic E-state index is 0.250. The average Bonchev–Trinajstić information content (AvgIpc) is 2.75. The number of rotatable bonds is 5. The third kappa shape index (κ3) is 5.98. The van der Waals surface area contributed by atoms with E-state index in [-0.39, 0.29) is 6.42 Å². The number of likely N-dealkylation sites (tertiary alicyclic amines) is 1. The maximum Gasteiger partial charge on any atom is 0.408 e. The molecule has 2 unspecified atom stereocenters. The highest BCUT2D eigenvalue weighted by molar-refractivity contribution is 6.30. The van der Waals surface area contributed by atoms with Crippen molar-refractivity contribution in [2.24, 2.45) is 11.8 Å². The summed E-state index contributed by atoms with van der Waals surface area (Å²) in [6.45, 7) is 1.49. The summed E-state index contributed by atoms with van der Waals surface area (Å²) in [5.41, 5.74) is 0.754. The molecule has 2 N–H and O–H groups in total. The van der Waals surface area contributed by atoms with Crippen LogP contribution in [0.3, 0.4) is 0 Å². The van der Waals surface area contributed by atoms with E-state index in [4.69, 9.17) is 16.4 Å². The molecule has 1 saturated heterocycles. The van der Waals surface area contributed by atoms with Crippen molar-refractivity contribution in [2.75, 3.05) is 6.61 Å². The van der Waals surface area contributed by atoms with Crippen LogP contribution in [-0.4, -0.2) is 53.6 Å². The molecule has 31 heavy (non-hydrogen) atoms. The first-order valence-electron chi connectivity index (χ1n) is 10.1. The summed E-state index contributed by atoms with van der Waals surface area (Å²) in [6, 6.07) is 2.89. The predicted octanol–water partition coefficient (Wildman–Crippen LogP) is 3.74. The van der Waals surface area contributed by atoms with E-state index in [0.717, 1.165) is 16.9 Å². The Kier molecular flexibility index (Phi) is 8.88. The van der Waals surface area contributed by atoms with Crippen molar-refractivity contribution < 1.29 is 32.7 Å². The molecule has 0 radical (unpaired) electrons. The summed E-state index contributed by atoms with van der Waals surface area (Å²) in [5, 5.41) is 12.2. The van der Waals surface area contributed by atoms with E-state index in [1.807, 2.05) is 12.1 Å². The highest BCUT2D eigenvalue weighted by atomic mass is 35.5. The van der Waals surface area contributed by atoms with Crippen LogP contribution in [0.1, 0.15) is 37.7 Å². The Hall–Kier alpha value is -2.13. The van der Waals surface area contributed by atoms with Crippen molar-refractivity contribution in [1.82, 2.24) is 10.2 Å². The molecule has 1 heterocycles. The summed E-state index contributed by atoms with van der Waals surface area (Å²) >= 11 is 5.93. The number of amides is 3. The highest BCUT2D eigenvalue weighted by Gasteiger charge is 2.53. The summed E-state index contributed by atoms with van der Waals surface area (Å²) in [7, 11) is 0. The van der Waals surface area contributed by atoms with Gasteiger partial charge in [-0.15, -0.1) is 0 Å². The van der Waals surface area contributed by atoms with Crippen molar-refractivity contribution >= 4 is 30.3 Å². The number of aliphatic hydroxyl groups is 1. The lowest BCUT2D eigenvalue weighted by atomic mass is 9.82. The van der Waals surface area contributed by atoms with Crippen LogP contribution in [-0.2, 0) is 16.0 Å². The Morgan fingerprint density at radius 3 is 2.45 bits per heavy atom. The van der Waals surface area contributed by atoms with E-state index >= 15 is 0 Å². The van der Waals surface area contributed by atoms with Crippen LogP contribution in [0.25, 0.3) is 0 Å². The molecule has 2 fully saturated rings. The molecule has 1 aliphatic heterocycles. The van der Waals surface area contributed by atoms with Crippen molar-refractivity contribution in [3.8, 4) is 0 Å². The molecule has 3 atom stereocenters. The highest BCUT2D eigenvalue weighted by Crippen LogP contribution is 2.36. The molecule has 1 aromatic carbocycles. The van der Waals surface area contributed by atoms with E-state index < -0.39 is 48.6 Å². The van der Waals surface area contributed by atoms with Crippen molar-refractivity contribution in [1.29, 1.82) is 0 Å². The number of nitrogens with zero attached hydrogens (tertiary/aromatic N) is 1. The number of urea groups is 1. The fourth-order valence-corrected chi connectivity index (χ4v) is 4.56. The number of nitrogens with one attached hydrogen (secondary N) is 1. The Bertz CT molecular complexity index is 771. The standard InChI is InChI=1S/C20H24ClF3N2O3.CH2O/c21-14-8-4-5-12(9-14)10-15-16(11-27)26(18(15)28)19(29)25-17(20(22,23)24)13-6-2-1-3-7-13;1-2/h4-5,8-9,13,15-17,27H,1-3,6-7,10-11H2,(H,25,29);1H2/t15-,16?,17?;/m1./s1. The quantitative estimate of drug-likeness (QED) is 0.653. The monoisotopic (exact) mass is 462 g/mol. The number of imide groups is 1. The van der Waals surface area contributed by atoms with Crippen LogP contribution in [0.15, 0.2) is 24.3 Å². The number of carbonyl (C=O) groups is 3. The van der Waals surface area contributed by atoms with Gasteiger partial charge in [-0.05, 0) is 42.9 Å². The molecule has 1 aromatic rings. The summed E-state index contributed by atoms with van der Waals surface area (Å²) in [6.07, 6.45) is -1.30. The van der Waals surface area contributed by atoms with Crippen molar-refractivity contribution in [3.63, 3.8) is 0 Å². The van der Waals surface area contributed by atoms with Crippen LogP contribution in [0.4, 0.5) is 18.0 Å². The molecule has 0 spiro atoms. The molecular formula is C21H26ClF3N2O4. The molecule has 1 saturated carbocycles. The second kappa shape index (κ2) is 10.9. The smallest absolute Gasteiger partial charge is 0.394 e. The Balaban J connectivity index is 0.00000166. The summed E-state index contributed by atoms with van der Waals surface area (Å²) in [5.74, 6) is -1.96. The Labute approximate surface area is 183 Å². The van der Waals surface area contributed by atoms with E-state index in [1.54, 1.807) is 24.3 Å². The first-order valence-corrected chi connectivity index (χ1v) is 10.4. The van der Waals surface area contributed by atoms with Gasteiger partial charge in [0.1, 0.15) is 12.8 Å². The SMILES string of the molecule is C=O.O=C(NC(C1CCCCC1)C(F)(F)F)N1C(=O)[C@H](Cc2cccc(Cl)c2)C1CO. The van der Waals surface area contributed by atoms with Crippen LogP contribution in [0, 0.1) is 11.8 Å². The number of hydrogen-bond acceptors (Lipinski definition) is 4. The molecule has 1 aliphatic carbocycles. The molecule has 3 amide bonds. The van der Waals surface area contributed by atoms with E-state index in [2.05, 4.69) is 0 Å². The number of aliphatic hydroxyl groups excluding tert-OH is 1. The van der Waals surface area contributed by atoms with Crippen molar-refractivity contribution in [2.45, 2.75) is 56.8 Å². The second-order valence-corrected chi connectivity index (χ2v) is 8.20. The van der Waals surface area contributed by atoms with Gasteiger partial charge in [0.15, 0.2) is 0 Å². The van der Waals surface area contributed by atoms with Gasteiger partial charge in [-0.1, -0.05) is 43.0 Å². The summed E-state index contributed by atoms with van der Waals surface area (Å²) < 4.78 is 40.6. The number of benzene rings is 1. The van der Waals surface area contributed by atoms with Gasteiger partial charge in [0, 0.05) is 5.02 Å². The molecule has 0 aromatic heterocycles. The molecule has 0 bridgehead atoms. The van der Waals surface area contributed by atoms with Gasteiger partial charge < -0.3 is 15.2 Å². The number of β-lactam (4-membered cyclic amide) rings is 1. The topological polar surface area (TPSA) is 86.7 Å². The molecular weight excluding hydrogens is 437 g/mol. The van der Waals surface area contributed by atoms with Gasteiger partial charge in [-0.3, -0.25) is 9.69 Å². The van der Waals surface area contributed by atoms with Gasteiger partial charge in [0.2, 0.25) is 5.91 Å². The fourth-order valence-electron chi connectivity index (χ4n) is 4.34. The minimum atomic E-state index is -4.60. The molecule has 2 aliphatic rings. The molecule has 3 rings (SSSR count). The van der Waals surface area contributed by atoms with E-state index in [9.17, 15) is 27.9 Å². The zero-order chi connectivity index (χ0) is 23.2. The normalized spacial score (nSPS) is 22.7. The zero-order valence-corrected chi connectivity index (χ0v) is 17.7. The van der Waals surface area contributed by atoms with Crippen LogP contribution >= 0.6 is 11.6 Å². The van der Waals surface area contributed by atoms with Crippen LogP contribution in [0.2, 0.25) is 5.02 Å². The number of alkyl halides is 3. The van der Waals surface area contributed by atoms with E-state index in [0.29, 0.717) is 30.7 Å². The van der Waals surface area contributed by atoms with Crippen molar-refractivity contribution in [3.05, 3.63) is 34.9 Å². The molecule has 172 valence electrons. The molecule has 6 nitrogen and oxygen atoms in total. The lowest BCUT2D eigenvalue weighted by Crippen LogP contribution is -2.69. The number of carbonyl (C=O) groups excluding carboxylic acids is 3. The maximum absolute atomic E-state index is 13.5. The first-order chi connectivity index (χ1) is 14.7. The van der Waals surface area contributed by atoms with Crippen LogP contribution < -0.4 is 5.32 Å². The van der Waals surface area contributed by atoms with Crippen LogP contribution in [0.5, 0.6) is 0 Å². The number of hydrogen-bond donors (Lipinski definition) is 2. The van der Waals surface area contributed by atoms with Gasteiger partial charge in [0.05, 0.1) is 18.6 Å². The first kappa shape index (κ1) is 25.1.